The Balaban J connectivity index is 1.73. The van der Waals surface area contributed by atoms with Crippen LogP contribution in [0.5, 0.6) is 0 Å². The van der Waals surface area contributed by atoms with Crippen molar-refractivity contribution in [1.29, 1.82) is 0 Å². The molecule has 0 saturated carbocycles. The summed E-state index contributed by atoms with van der Waals surface area (Å²) < 4.78 is 51.2. The normalized spacial score (nSPS) is 13.6. The lowest BCUT2D eigenvalue weighted by Crippen LogP contribution is -2.59. The van der Waals surface area contributed by atoms with Gasteiger partial charge in [-0.05, 0) is 41.2 Å². The third-order valence-electron chi connectivity index (χ3n) is 9.18. The highest BCUT2D eigenvalue weighted by molar-refractivity contribution is 6.74. The zero-order valence-corrected chi connectivity index (χ0v) is 30.7. The first-order valence-corrected chi connectivity index (χ1v) is 19.4. The molecule has 0 aliphatic rings. The van der Waals surface area contributed by atoms with Crippen LogP contribution in [0, 0.1) is 5.92 Å². The van der Waals surface area contributed by atoms with Gasteiger partial charge in [-0.2, -0.15) is 13.2 Å². The number of hydrogen-bond donors (Lipinski definition) is 3. The van der Waals surface area contributed by atoms with Crippen molar-refractivity contribution in [1.82, 2.24) is 24.8 Å². The Labute approximate surface area is 294 Å². The molecule has 0 aliphatic carbocycles. The fourth-order valence-corrected chi connectivity index (χ4v) is 6.57. The van der Waals surface area contributed by atoms with Crippen LogP contribution in [0.3, 0.4) is 0 Å². The molecule has 0 radical (unpaired) electrons. The second-order valence-electron chi connectivity index (χ2n) is 14.3. The van der Waals surface area contributed by atoms with Crippen LogP contribution in [-0.2, 0) is 33.6 Å². The highest BCUT2D eigenvalue weighted by Gasteiger charge is 2.52. The van der Waals surface area contributed by atoms with Gasteiger partial charge in [0.2, 0.25) is 11.8 Å². The number of carbonyl (C=O) groups is 2. The Bertz CT molecular complexity index is 2050. The Kier molecular flexibility index (Phi) is 11.7. The van der Waals surface area contributed by atoms with Crippen molar-refractivity contribution in [2.45, 2.75) is 90.7 Å². The number of rotatable bonds is 12. The Hall–Kier alpha value is -4.76. The summed E-state index contributed by atoms with van der Waals surface area (Å²) in [6.07, 6.45) is -7.13. The highest BCUT2D eigenvalue weighted by Crippen LogP contribution is 2.41. The third kappa shape index (κ3) is 9.13. The summed E-state index contributed by atoms with van der Waals surface area (Å²) in [5.74, 6) is -2.24. The molecule has 2 heterocycles. The van der Waals surface area contributed by atoms with Gasteiger partial charge >= 0.3 is 11.9 Å². The second kappa shape index (κ2) is 15.2. The Morgan fingerprint density at radius 2 is 1.43 bits per heavy atom. The summed E-state index contributed by atoms with van der Waals surface area (Å²) in [6.45, 7) is 10.7. The van der Waals surface area contributed by atoms with Crippen molar-refractivity contribution in [3.05, 3.63) is 103 Å². The van der Waals surface area contributed by atoms with Gasteiger partial charge < -0.3 is 20.0 Å². The van der Waals surface area contributed by atoms with Crippen molar-refractivity contribution >= 4 is 31.0 Å². The van der Waals surface area contributed by atoms with Crippen LogP contribution in [0.4, 0.5) is 13.2 Å². The monoisotopic (exact) mass is 727 g/mol. The van der Waals surface area contributed by atoms with Gasteiger partial charge in [0.05, 0.1) is 17.1 Å². The van der Waals surface area contributed by atoms with E-state index in [1.54, 1.807) is 67.7 Å². The van der Waals surface area contributed by atoms with Gasteiger partial charge in [0.25, 0.3) is 11.1 Å². The summed E-state index contributed by atoms with van der Waals surface area (Å²) in [5.41, 5.74) is -1.98. The van der Waals surface area contributed by atoms with E-state index in [9.17, 15) is 37.1 Å². The van der Waals surface area contributed by atoms with E-state index >= 15 is 0 Å². The highest BCUT2D eigenvalue weighted by atomic mass is 28.4. The molecule has 0 fully saturated rings. The Morgan fingerprint density at radius 3 is 1.98 bits per heavy atom. The lowest BCUT2D eigenvalue weighted by molar-refractivity contribution is -0.210. The SMILES string of the molecule is CC(C)C(NC(=O)Cn1c(-c2ccccc2)cc2c(=O)n(CC(=O)NCc3ccccc3)c(=O)[nH]c2c1=O)C(O[Si](C)(C)C(C)(C)C)C(F)(F)F. The first-order valence-electron chi connectivity index (χ1n) is 16.5. The number of alkyl halides is 3. The number of benzene rings is 2. The number of amides is 2. The van der Waals surface area contributed by atoms with E-state index in [0.717, 1.165) is 10.1 Å². The third-order valence-corrected chi connectivity index (χ3v) is 13.6. The predicted molar refractivity (Wildman–Crippen MR) is 192 cm³/mol. The molecule has 2 amide bonds. The molecule has 2 atom stereocenters. The molecule has 2 unspecified atom stereocenters. The number of aromatic nitrogens is 3. The van der Waals surface area contributed by atoms with E-state index in [1.807, 2.05) is 26.8 Å². The topological polar surface area (TPSA) is 144 Å². The summed E-state index contributed by atoms with van der Waals surface area (Å²) in [6, 6.07) is 17.1. The molecule has 51 heavy (non-hydrogen) atoms. The molecule has 0 bridgehead atoms. The summed E-state index contributed by atoms with van der Waals surface area (Å²) >= 11 is 0. The average Bonchev–Trinajstić information content (AvgIpc) is 3.05. The van der Waals surface area contributed by atoms with E-state index in [0.29, 0.717) is 10.1 Å². The summed E-state index contributed by atoms with van der Waals surface area (Å²) in [4.78, 5) is 69.3. The predicted octanol–water partition coefficient (Wildman–Crippen LogP) is 4.93. The van der Waals surface area contributed by atoms with E-state index in [2.05, 4.69) is 15.6 Å². The molecule has 0 spiro atoms. The van der Waals surface area contributed by atoms with Gasteiger partial charge in [0, 0.05) is 6.54 Å². The van der Waals surface area contributed by atoms with Crippen molar-refractivity contribution in [3.63, 3.8) is 0 Å². The fraction of sp³-hybridized carbons (Fsp3) is 0.417. The van der Waals surface area contributed by atoms with Crippen LogP contribution < -0.4 is 27.4 Å². The number of nitrogens with zero attached hydrogens (tertiary/aromatic N) is 2. The molecule has 15 heteroatoms. The number of H-pyrrole nitrogens is 1. The van der Waals surface area contributed by atoms with Crippen LogP contribution >= 0.6 is 0 Å². The average molecular weight is 728 g/mol. The standard InChI is InChI=1S/C36H44F3N5O6Si/c1-22(2)29(31(36(37,38)39)50-51(6,7)35(3,4)5)41-28(46)21-43-26(24-16-12-9-13-17-24)18-25-30(33(43)48)42-34(49)44(32(25)47)20-27(45)40-19-23-14-10-8-11-15-23/h8-18,22,29,31H,19-21H2,1-7H3,(H,40,45)(H,41,46)(H,42,49). The zero-order valence-electron chi connectivity index (χ0n) is 29.7. The molecule has 2 aromatic carbocycles. The van der Waals surface area contributed by atoms with E-state index in [1.165, 1.54) is 19.9 Å². The van der Waals surface area contributed by atoms with Gasteiger partial charge in [-0.3, -0.25) is 28.3 Å². The number of nitrogens with one attached hydrogen (secondary N) is 3. The van der Waals surface area contributed by atoms with Crippen molar-refractivity contribution in [2.24, 2.45) is 5.92 Å². The number of carbonyl (C=O) groups excluding carboxylic acids is 2. The molecule has 2 aromatic heterocycles. The fourth-order valence-electron chi connectivity index (χ4n) is 5.30. The molecule has 4 rings (SSSR count). The number of aromatic amines is 1. The van der Waals surface area contributed by atoms with E-state index in [-0.39, 0.29) is 17.6 Å². The molecule has 11 nitrogen and oxygen atoms in total. The van der Waals surface area contributed by atoms with Crippen molar-refractivity contribution in [3.8, 4) is 11.3 Å². The van der Waals surface area contributed by atoms with Crippen LogP contribution in [0.1, 0.15) is 40.2 Å². The molecule has 0 saturated heterocycles. The molecule has 4 aromatic rings. The minimum Gasteiger partial charge on any atom is -0.404 e. The largest absolute Gasteiger partial charge is 0.415 e. The number of pyridine rings is 1. The number of fused-ring (bicyclic) bond motifs is 1. The molecule has 0 aliphatic heterocycles. The quantitative estimate of drug-likeness (QED) is 0.177. The minimum absolute atomic E-state index is 0.0958. The first-order chi connectivity index (χ1) is 23.7. The van der Waals surface area contributed by atoms with Crippen LogP contribution in [0.15, 0.2) is 81.1 Å². The lowest BCUT2D eigenvalue weighted by atomic mass is 9.98. The number of hydrogen-bond acceptors (Lipinski definition) is 6. The van der Waals surface area contributed by atoms with Gasteiger partial charge in [-0.25, -0.2) is 4.79 Å². The van der Waals surface area contributed by atoms with Crippen molar-refractivity contribution < 1.29 is 27.2 Å². The van der Waals surface area contributed by atoms with Gasteiger partial charge in [0.15, 0.2) is 14.4 Å². The van der Waals surface area contributed by atoms with Gasteiger partial charge in [0.1, 0.15) is 18.6 Å². The van der Waals surface area contributed by atoms with Crippen LogP contribution in [0.2, 0.25) is 18.1 Å². The smallest absolute Gasteiger partial charge is 0.404 e. The lowest BCUT2D eigenvalue weighted by Gasteiger charge is -2.42. The van der Waals surface area contributed by atoms with E-state index < -0.39 is 84.8 Å². The number of halogens is 3. The minimum atomic E-state index is -4.81. The van der Waals surface area contributed by atoms with E-state index in [4.69, 9.17) is 4.43 Å². The second-order valence-corrected chi connectivity index (χ2v) is 19.1. The molecular weight excluding hydrogens is 684 g/mol. The Morgan fingerprint density at radius 1 is 0.863 bits per heavy atom. The van der Waals surface area contributed by atoms with Gasteiger partial charge in [-0.15, -0.1) is 0 Å². The first kappa shape index (κ1) is 39.0. The maximum Gasteiger partial charge on any atom is 0.415 e. The summed E-state index contributed by atoms with van der Waals surface area (Å²) in [5, 5.41) is 4.36. The van der Waals surface area contributed by atoms with Crippen LogP contribution in [0.25, 0.3) is 22.2 Å². The zero-order chi connectivity index (χ0) is 37.9. The maximum atomic E-state index is 14.6. The molecule has 274 valence electrons. The maximum absolute atomic E-state index is 14.6. The van der Waals surface area contributed by atoms with Gasteiger partial charge in [-0.1, -0.05) is 95.3 Å². The van der Waals surface area contributed by atoms with Crippen molar-refractivity contribution in [2.75, 3.05) is 0 Å². The summed E-state index contributed by atoms with van der Waals surface area (Å²) in [7, 11) is -2.97. The van der Waals surface area contributed by atoms with Crippen LogP contribution in [-0.4, -0.2) is 52.6 Å². The molecular formula is C36H44F3N5O6Si. The molecule has 3 N–H and O–H groups in total.